The van der Waals surface area contributed by atoms with Crippen molar-refractivity contribution in [2.75, 3.05) is 0 Å². The number of allylic oxidation sites excluding steroid dienone is 2. The number of rotatable bonds is 5. The Kier molecular flexibility index (Phi) is 4.17. The molecule has 0 aromatic heterocycles. The first-order chi connectivity index (χ1) is 5.04. The molecule has 0 rings (SSSR count). The van der Waals surface area contributed by atoms with Crippen LogP contribution in [0.4, 0.5) is 0 Å². The van der Waals surface area contributed by atoms with Crippen LogP contribution in [0, 0.1) is 5.41 Å². The summed E-state index contributed by atoms with van der Waals surface area (Å²) in [5.74, 6) is 0. The maximum Gasteiger partial charge on any atom is -0.0110 e. The highest BCUT2D eigenvalue weighted by Crippen LogP contribution is 2.31. The highest BCUT2D eigenvalue weighted by atomic mass is 14.2. The van der Waals surface area contributed by atoms with Crippen LogP contribution in [0.3, 0.4) is 0 Å². The summed E-state index contributed by atoms with van der Waals surface area (Å²) in [5.41, 5.74) is 1.41. The van der Waals surface area contributed by atoms with Gasteiger partial charge in [0, 0.05) is 0 Å². The van der Waals surface area contributed by atoms with Crippen molar-refractivity contribution < 1.29 is 0 Å². The van der Waals surface area contributed by atoms with Gasteiger partial charge in [0.2, 0.25) is 0 Å². The van der Waals surface area contributed by atoms with E-state index in [0.717, 1.165) is 5.57 Å². The average molecular weight is 152 g/mol. The van der Waals surface area contributed by atoms with Crippen LogP contribution in [0.15, 0.2) is 24.8 Å². The van der Waals surface area contributed by atoms with Crippen molar-refractivity contribution >= 4 is 0 Å². The molecule has 0 bridgehead atoms. The molecule has 0 aromatic rings. The zero-order valence-electron chi connectivity index (χ0n) is 8.11. The normalized spacial score (nSPS) is 11.2. The van der Waals surface area contributed by atoms with E-state index in [1.807, 2.05) is 6.08 Å². The third-order valence-corrected chi connectivity index (χ3v) is 2.27. The summed E-state index contributed by atoms with van der Waals surface area (Å²) in [6.45, 7) is 14.4. The summed E-state index contributed by atoms with van der Waals surface area (Å²) < 4.78 is 0. The highest BCUT2D eigenvalue weighted by molar-refractivity contribution is 5.19. The molecular formula is C11H20. The molecule has 0 aliphatic carbocycles. The second kappa shape index (κ2) is 4.38. The van der Waals surface area contributed by atoms with Crippen LogP contribution >= 0.6 is 0 Å². The fraction of sp³-hybridized carbons (Fsp3) is 0.636. The van der Waals surface area contributed by atoms with Gasteiger partial charge in [-0.15, -0.1) is 0 Å². The third-order valence-electron chi connectivity index (χ3n) is 2.27. The molecule has 0 amide bonds. The molecule has 0 radical (unpaired) electrons. The summed E-state index contributed by atoms with van der Waals surface area (Å²) in [6, 6.07) is 0. The van der Waals surface area contributed by atoms with E-state index in [-0.39, 0.29) is 5.41 Å². The monoisotopic (exact) mass is 152 g/mol. The van der Waals surface area contributed by atoms with Crippen molar-refractivity contribution in [3.63, 3.8) is 0 Å². The Hall–Kier alpha value is -0.520. The minimum atomic E-state index is 0.248. The van der Waals surface area contributed by atoms with Crippen molar-refractivity contribution in [3.8, 4) is 0 Å². The van der Waals surface area contributed by atoms with Gasteiger partial charge in [0.1, 0.15) is 0 Å². The van der Waals surface area contributed by atoms with Crippen molar-refractivity contribution in [1.82, 2.24) is 0 Å². The van der Waals surface area contributed by atoms with Crippen molar-refractivity contribution in [1.29, 1.82) is 0 Å². The molecule has 0 spiro atoms. The third kappa shape index (κ3) is 3.41. The largest absolute Gasteiger partial charge is 0.0988 e. The van der Waals surface area contributed by atoms with E-state index in [1.54, 1.807) is 0 Å². The van der Waals surface area contributed by atoms with Gasteiger partial charge in [-0.1, -0.05) is 58.4 Å². The van der Waals surface area contributed by atoms with Gasteiger partial charge in [-0.25, -0.2) is 0 Å². The smallest absolute Gasteiger partial charge is 0.0110 e. The van der Waals surface area contributed by atoms with Crippen LogP contribution in [0.5, 0.6) is 0 Å². The topological polar surface area (TPSA) is 0 Å². The molecule has 0 atom stereocenters. The molecule has 0 saturated heterocycles. The van der Waals surface area contributed by atoms with E-state index in [9.17, 15) is 0 Å². The van der Waals surface area contributed by atoms with E-state index in [1.165, 1.54) is 19.3 Å². The van der Waals surface area contributed by atoms with Gasteiger partial charge in [-0.05, 0) is 11.8 Å². The molecule has 64 valence electrons. The SMILES string of the molecule is C=CC(=C)C(C)(C)CCCC. The van der Waals surface area contributed by atoms with E-state index in [2.05, 4.69) is 33.9 Å². The summed E-state index contributed by atoms with van der Waals surface area (Å²) in [7, 11) is 0. The first-order valence-electron chi connectivity index (χ1n) is 4.36. The molecular weight excluding hydrogens is 132 g/mol. The second-order valence-corrected chi connectivity index (χ2v) is 3.72. The molecule has 0 nitrogen and oxygen atoms in total. The van der Waals surface area contributed by atoms with E-state index < -0.39 is 0 Å². The van der Waals surface area contributed by atoms with Crippen LogP contribution in [0.2, 0.25) is 0 Å². The van der Waals surface area contributed by atoms with Crippen molar-refractivity contribution in [3.05, 3.63) is 24.8 Å². The molecule has 0 unspecified atom stereocenters. The number of unbranched alkanes of at least 4 members (excludes halogenated alkanes) is 1. The average Bonchev–Trinajstić information content (AvgIpc) is 1.99. The van der Waals surface area contributed by atoms with Gasteiger partial charge in [0.05, 0.1) is 0 Å². The quantitative estimate of drug-likeness (QED) is 0.523. The van der Waals surface area contributed by atoms with Gasteiger partial charge in [0.25, 0.3) is 0 Å². The molecule has 11 heavy (non-hydrogen) atoms. The van der Waals surface area contributed by atoms with Gasteiger partial charge in [-0.3, -0.25) is 0 Å². The van der Waals surface area contributed by atoms with Crippen molar-refractivity contribution in [2.24, 2.45) is 5.41 Å². The van der Waals surface area contributed by atoms with Gasteiger partial charge in [-0.2, -0.15) is 0 Å². The predicted molar refractivity (Wildman–Crippen MR) is 52.6 cm³/mol. The fourth-order valence-corrected chi connectivity index (χ4v) is 1.06. The van der Waals surface area contributed by atoms with Crippen LogP contribution in [-0.2, 0) is 0 Å². The summed E-state index contributed by atoms with van der Waals surface area (Å²) in [4.78, 5) is 0. The standard InChI is InChI=1S/C11H20/c1-6-8-9-11(4,5)10(3)7-2/h7H,2-3,6,8-9H2,1,4-5H3. The van der Waals surface area contributed by atoms with E-state index in [4.69, 9.17) is 0 Å². The molecule has 0 aromatic carbocycles. The minimum absolute atomic E-state index is 0.248. The lowest BCUT2D eigenvalue weighted by molar-refractivity contribution is 0.402. The highest BCUT2D eigenvalue weighted by Gasteiger charge is 2.18. The van der Waals surface area contributed by atoms with Gasteiger partial charge in [0.15, 0.2) is 0 Å². The van der Waals surface area contributed by atoms with Crippen molar-refractivity contribution in [2.45, 2.75) is 40.0 Å². The van der Waals surface area contributed by atoms with E-state index in [0.29, 0.717) is 0 Å². The van der Waals surface area contributed by atoms with Gasteiger partial charge < -0.3 is 0 Å². The van der Waals surface area contributed by atoms with Crippen LogP contribution < -0.4 is 0 Å². The van der Waals surface area contributed by atoms with Gasteiger partial charge >= 0.3 is 0 Å². The molecule has 0 N–H and O–H groups in total. The first-order valence-corrected chi connectivity index (χ1v) is 4.36. The Balaban J connectivity index is 3.98. The van der Waals surface area contributed by atoms with Crippen LogP contribution in [0.1, 0.15) is 40.0 Å². The maximum atomic E-state index is 3.98. The number of hydrogen-bond acceptors (Lipinski definition) is 0. The summed E-state index contributed by atoms with van der Waals surface area (Å²) >= 11 is 0. The van der Waals surface area contributed by atoms with Crippen LogP contribution in [-0.4, -0.2) is 0 Å². The lowest BCUT2D eigenvalue weighted by Crippen LogP contribution is -2.12. The molecule has 0 aliphatic rings. The Bertz CT molecular complexity index is 140. The Morgan fingerprint density at radius 3 is 2.36 bits per heavy atom. The predicted octanol–water partition coefficient (Wildman–Crippen LogP) is 3.95. The van der Waals surface area contributed by atoms with E-state index >= 15 is 0 Å². The zero-order valence-corrected chi connectivity index (χ0v) is 8.11. The number of hydrogen-bond donors (Lipinski definition) is 0. The lowest BCUT2D eigenvalue weighted by atomic mass is 9.80. The zero-order chi connectivity index (χ0) is 8.91. The maximum absolute atomic E-state index is 3.98. The molecule has 0 aliphatic heterocycles. The first kappa shape index (κ1) is 10.5. The summed E-state index contributed by atoms with van der Waals surface area (Å²) in [6.07, 6.45) is 5.62. The molecule has 0 saturated carbocycles. The molecule has 0 heterocycles. The molecule has 0 fully saturated rings. The minimum Gasteiger partial charge on any atom is -0.0988 e. The second-order valence-electron chi connectivity index (χ2n) is 3.72. The Morgan fingerprint density at radius 1 is 1.45 bits per heavy atom. The Labute approximate surface area is 71.0 Å². The summed E-state index contributed by atoms with van der Waals surface area (Å²) in [5, 5.41) is 0. The molecule has 0 heteroatoms. The fourth-order valence-electron chi connectivity index (χ4n) is 1.06. The van der Waals surface area contributed by atoms with Crippen LogP contribution in [0.25, 0.3) is 0 Å². The Morgan fingerprint density at radius 2 is 2.00 bits per heavy atom. The lowest BCUT2D eigenvalue weighted by Gasteiger charge is -2.24.